The minimum absolute atomic E-state index is 0.0722. The molecule has 21 nitrogen and oxygen atoms in total. The summed E-state index contributed by atoms with van der Waals surface area (Å²) >= 11 is 0. The average Bonchev–Trinajstić information content (AvgIpc) is 3.88. The van der Waals surface area contributed by atoms with Crippen molar-refractivity contribution in [3.05, 3.63) is 41.3 Å². The normalized spacial score (nSPS) is 30.4. The molecule has 0 spiro atoms. The molecule has 3 aromatic rings. The number of nitrogens with zero attached hydrogens (tertiary/aromatic N) is 5. The third kappa shape index (κ3) is 9.54. The summed E-state index contributed by atoms with van der Waals surface area (Å²) in [5, 5.41) is 11.5. The molecule has 1 aliphatic carbocycles. The van der Waals surface area contributed by atoms with Crippen molar-refractivity contribution < 1.29 is 61.5 Å². The third-order valence-electron chi connectivity index (χ3n) is 9.96. The number of fused-ring (bicyclic) bond motifs is 1. The topological polar surface area (TPSA) is 305 Å². The SMILES string of the molecule is CC1CCC(CC[C@H](C)C(=O)O[C@H]2[C@@H](O)[C@H](n3cnc4c(N)ccnc43)O[C@@H]2COP(=O)(O)O[C@H]2C[C@H](n3ccc(N)nc3=O)O[C@@H]2COP(=O)(O)O)C1. The lowest BCUT2D eigenvalue weighted by Crippen LogP contribution is -2.39. The van der Waals surface area contributed by atoms with Crippen LogP contribution in [-0.2, 0) is 41.7 Å². The molecular formula is C31H45N7O14P2. The van der Waals surface area contributed by atoms with E-state index in [9.17, 15) is 38.5 Å². The lowest BCUT2D eigenvalue weighted by molar-refractivity contribution is -0.161. The number of carbonyl (C=O) groups excluding carboxylic acids is 1. The van der Waals surface area contributed by atoms with Crippen molar-refractivity contribution in [2.75, 3.05) is 24.7 Å². The second-order valence-corrected chi connectivity index (χ2v) is 16.7. The van der Waals surface area contributed by atoms with Crippen LogP contribution in [0.3, 0.4) is 0 Å². The lowest BCUT2D eigenvalue weighted by Gasteiger charge is -2.25. The van der Waals surface area contributed by atoms with Gasteiger partial charge in [0.05, 0.1) is 31.1 Å². The fraction of sp³-hybridized carbons (Fsp3) is 0.645. The summed E-state index contributed by atoms with van der Waals surface area (Å²) in [6.45, 7) is 2.41. The Kier molecular flexibility index (Phi) is 12.3. The highest BCUT2D eigenvalue weighted by molar-refractivity contribution is 7.47. The number of carbonyl (C=O) groups is 1. The highest BCUT2D eigenvalue weighted by atomic mass is 31.2. The van der Waals surface area contributed by atoms with Crippen LogP contribution in [0.1, 0.15) is 64.8 Å². The highest BCUT2D eigenvalue weighted by Crippen LogP contribution is 2.50. The monoisotopic (exact) mass is 801 g/mol. The van der Waals surface area contributed by atoms with E-state index in [1.165, 1.54) is 29.4 Å². The summed E-state index contributed by atoms with van der Waals surface area (Å²) in [6, 6.07) is 2.85. The zero-order chi connectivity index (χ0) is 38.9. The summed E-state index contributed by atoms with van der Waals surface area (Å²) < 4.78 is 60.1. The van der Waals surface area contributed by atoms with Crippen molar-refractivity contribution in [2.45, 2.75) is 95.3 Å². The number of nitrogen functional groups attached to an aromatic ring is 2. The standard InChI is InChI=1S/C31H45N7O14P2/c1-16-3-5-18(11-16)6-4-17(2)30(40)51-27-22(50-29(26(27)39)38-15-35-25-19(32)7-9-34-28(25)38)14-48-54(45,46)52-20-12-24(37-10-8-23(33)36-31(37)41)49-21(20)13-47-53(42,43)44/h7-10,15-18,20-22,24,26-27,29,39H,3-6,11-14H2,1-2H3,(H2,32,34)(H,45,46)(H2,33,36,41)(H2,42,43,44)/t16?,17-,18?,20-,21+,22+,24+,26+,27+,29+/m0/s1. The number of rotatable bonds is 15. The van der Waals surface area contributed by atoms with E-state index in [2.05, 4.69) is 26.4 Å². The van der Waals surface area contributed by atoms with Gasteiger partial charge in [0.15, 0.2) is 18.0 Å². The van der Waals surface area contributed by atoms with Gasteiger partial charge in [-0.25, -0.2) is 23.9 Å². The molecule has 1 saturated carbocycles. The number of phosphoric acid groups is 2. The molecule has 8 N–H and O–H groups in total. The molecule has 0 bridgehead atoms. The quantitative estimate of drug-likeness (QED) is 0.0942. The van der Waals surface area contributed by atoms with E-state index in [0.717, 1.165) is 30.3 Å². The molecule has 298 valence electrons. The predicted molar refractivity (Wildman–Crippen MR) is 187 cm³/mol. The van der Waals surface area contributed by atoms with E-state index in [4.69, 9.17) is 34.7 Å². The van der Waals surface area contributed by atoms with Gasteiger partial charge in [-0.2, -0.15) is 4.98 Å². The van der Waals surface area contributed by atoms with Crippen molar-refractivity contribution in [3.8, 4) is 0 Å². The molecular weight excluding hydrogens is 756 g/mol. The number of imidazole rings is 1. The van der Waals surface area contributed by atoms with Gasteiger partial charge in [0.25, 0.3) is 0 Å². The lowest BCUT2D eigenvalue weighted by atomic mass is 9.95. The van der Waals surface area contributed by atoms with Crippen molar-refractivity contribution in [3.63, 3.8) is 0 Å². The van der Waals surface area contributed by atoms with E-state index in [1.54, 1.807) is 13.0 Å². The highest BCUT2D eigenvalue weighted by Gasteiger charge is 2.50. The Morgan fingerprint density at radius 3 is 2.52 bits per heavy atom. The zero-order valence-electron chi connectivity index (χ0n) is 29.5. The molecule has 11 atom stereocenters. The van der Waals surface area contributed by atoms with E-state index in [1.807, 2.05) is 0 Å². The molecule has 3 unspecified atom stereocenters. The fourth-order valence-corrected chi connectivity index (χ4v) is 8.43. The molecule has 54 heavy (non-hydrogen) atoms. The van der Waals surface area contributed by atoms with E-state index in [-0.39, 0.29) is 17.9 Å². The van der Waals surface area contributed by atoms with E-state index in [0.29, 0.717) is 29.5 Å². The second-order valence-electron chi connectivity index (χ2n) is 14.0. The Balaban J connectivity index is 1.17. The Bertz CT molecular complexity index is 1960. The molecule has 3 fully saturated rings. The van der Waals surface area contributed by atoms with Crippen LogP contribution < -0.4 is 17.2 Å². The number of aliphatic hydroxyl groups excluding tert-OH is 1. The Hall–Kier alpha value is -3.33. The van der Waals surface area contributed by atoms with Crippen molar-refractivity contribution in [2.24, 2.45) is 17.8 Å². The minimum Gasteiger partial charge on any atom is -0.456 e. The minimum atomic E-state index is -5.09. The molecule has 0 amide bonds. The van der Waals surface area contributed by atoms with Crippen molar-refractivity contribution >= 4 is 44.3 Å². The maximum Gasteiger partial charge on any atom is 0.472 e. The van der Waals surface area contributed by atoms with Crippen LogP contribution in [0.25, 0.3) is 11.2 Å². The summed E-state index contributed by atoms with van der Waals surface area (Å²) in [5.74, 6) is -0.0413. The first kappa shape index (κ1) is 40.3. The molecule has 0 aromatic carbocycles. The first-order chi connectivity index (χ1) is 25.5. The zero-order valence-corrected chi connectivity index (χ0v) is 31.3. The summed E-state index contributed by atoms with van der Waals surface area (Å²) in [6.07, 6.45) is -0.889. The number of hydrogen-bond donors (Lipinski definition) is 6. The molecule has 0 radical (unpaired) electrons. The number of aromatic nitrogens is 5. The van der Waals surface area contributed by atoms with Gasteiger partial charge in [-0.1, -0.05) is 26.7 Å². The van der Waals surface area contributed by atoms with Crippen LogP contribution in [0.15, 0.2) is 35.6 Å². The predicted octanol–water partition coefficient (Wildman–Crippen LogP) is 1.77. The first-order valence-corrected chi connectivity index (χ1v) is 20.5. The van der Waals surface area contributed by atoms with Gasteiger partial charge < -0.3 is 45.5 Å². The largest absolute Gasteiger partial charge is 0.472 e. The molecule has 3 aliphatic rings. The number of anilines is 2. The van der Waals surface area contributed by atoms with Crippen LogP contribution in [0.5, 0.6) is 0 Å². The van der Waals surface area contributed by atoms with Gasteiger partial charge in [-0.05, 0) is 43.2 Å². The maximum absolute atomic E-state index is 13.4. The van der Waals surface area contributed by atoms with E-state index < -0.39 is 89.4 Å². The summed E-state index contributed by atoms with van der Waals surface area (Å²) in [7, 11) is -10.1. The average molecular weight is 802 g/mol. The van der Waals surface area contributed by atoms with Crippen molar-refractivity contribution in [1.82, 2.24) is 24.1 Å². The molecule has 2 aliphatic heterocycles. The van der Waals surface area contributed by atoms with Crippen LogP contribution in [0, 0.1) is 17.8 Å². The molecule has 5 heterocycles. The smallest absolute Gasteiger partial charge is 0.456 e. The van der Waals surface area contributed by atoms with E-state index >= 15 is 0 Å². The number of aliphatic hydroxyl groups is 1. The van der Waals surface area contributed by atoms with Gasteiger partial charge in [0.2, 0.25) is 0 Å². The molecule has 2 saturated heterocycles. The maximum atomic E-state index is 13.4. The Morgan fingerprint density at radius 1 is 1.06 bits per heavy atom. The van der Waals surface area contributed by atoms with Gasteiger partial charge in [-0.3, -0.25) is 27.5 Å². The van der Waals surface area contributed by atoms with Crippen LogP contribution in [0.4, 0.5) is 11.5 Å². The number of pyridine rings is 1. The van der Waals surface area contributed by atoms with Crippen LogP contribution in [-0.4, -0.2) is 93.6 Å². The number of esters is 1. The Morgan fingerprint density at radius 2 is 1.81 bits per heavy atom. The molecule has 6 rings (SSSR count). The van der Waals surface area contributed by atoms with Crippen LogP contribution in [0.2, 0.25) is 0 Å². The fourth-order valence-electron chi connectivity index (χ4n) is 7.13. The summed E-state index contributed by atoms with van der Waals surface area (Å²) in [4.78, 5) is 67.4. The third-order valence-corrected chi connectivity index (χ3v) is 11.5. The number of nitrogens with two attached hydrogens (primary N) is 2. The number of phosphoric ester groups is 2. The molecule has 3 aromatic heterocycles. The Labute approximate surface area is 308 Å². The summed E-state index contributed by atoms with van der Waals surface area (Å²) in [5.41, 5.74) is 11.7. The van der Waals surface area contributed by atoms with Gasteiger partial charge in [0.1, 0.15) is 42.0 Å². The van der Waals surface area contributed by atoms with Gasteiger partial charge in [0, 0.05) is 18.8 Å². The van der Waals surface area contributed by atoms with Crippen molar-refractivity contribution in [1.29, 1.82) is 0 Å². The first-order valence-electron chi connectivity index (χ1n) is 17.4. The second kappa shape index (κ2) is 16.4. The van der Waals surface area contributed by atoms with Gasteiger partial charge in [-0.15, -0.1) is 0 Å². The number of hydrogen-bond acceptors (Lipinski definition) is 16. The van der Waals surface area contributed by atoms with Crippen LogP contribution >= 0.6 is 15.6 Å². The van der Waals surface area contributed by atoms with Gasteiger partial charge >= 0.3 is 27.3 Å². The number of ether oxygens (including phenoxy) is 3. The molecule has 23 heteroatoms.